The van der Waals surface area contributed by atoms with Crippen LogP contribution < -0.4 is 9.80 Å². The molecule has 5 aromatic rings. The zero-order valence-corrected chi connectivity index (χ0v) is 31.1. The lowest BCUT2D eigenvalue weighted by atomic mass is 9.87. The molecule has 0 saturated carbocycles. The Morgan fingerprint density at radius 3 is 1.88 bits per heavy atom. The van der Waals surface area contributed by atoms with Gasteiger partial charge < -0.3 is 9.80 Å². The fourth-order valence-corrected chi connectivity index (χ4v) is 7.92. The van der Waals surface area contributed by atoms with Crippen molar-refractivity contribution in [3.05, 3.63) is 155 Å². The summed E-state index contributed by atoms with van der Waals surface area (Å²) in [6, 6.07) is 34.9. The molecule has 0 fully saturated rings. The molecule has 2 aliphatic carbocycles. The minimum atomic E-state index is 0.158. The van der Waals surface area contributed by atoms with Crippen molar-refractivity contribution in [1.29, 1.82) is 0 Å². The SMILES string of the molecule is CC1=CC(C)C(N(c2ccccc2)c2c3ccc(C(C)C)cc3c(N(C3=CC=CCC3C)c3ccc(C)cc3)c3ccc(C(C)C)cc23)C=C1. The standard InChI is InChI=1S/C48H52N2/c1-31(2)37-22-26-42-43(29-37)47(49(39-15-10-9-11-16-39)46-27-20-34(6)28-36(46)8)41-25-21-38(32(3)4)30-44(41)48(42)50(40-23-18-33(5)19-24-40)45-17-13-12-14-35(45)7/h9-13,15-32,35-36,46H,14H2,1-8H3. The molecule has 0 amide bonds. The van der Waals surface area contributed by atoms with Crippen LogP contribution in [-0.2, 0) is 0 Å². The molecule has 254 valence electrons. The van der Waals surface area contributed by atoms with Gasteiger partial charge >= 0.3 is 0 Å². The maximum absolute atomic E-state index is 2.64. The number of para-hydroxylation sites is 1. The van der Waals surface area contributed by atoms with Gasteiger partial charge in [0.2, 0.25) is 0 Å². The molecule has 0 spiro atoms. The van der Waals surface area contributed by atoms with Gasteiger partial charge in [0.25, 0.3) is 0 Å². The lowest BCUT2D eigenvalue weighted by Gasteiger charge is -2.40. The first-order chi connectivity index (χ1) is 24.1. The van der Waals surface area contributed by atoms with Crippen molar-refractivity contribution in [1.82, 2.24) is 0 Å². The van der Waals surface area contributed by atoms with Crippen LogP contribution in [0.1, 0.15) is 83.4 Å². The first-order valence-corrected chi connectivity index (χ1v) is 18.6. The van der Waals surface area contributed by atoms with Gasteiger partial charge in [-0.2, -0.15) is 0 Å². The van der Waals surface area contributed by atoms with Gasteiger partial charge in [0.1, 0.15) is 0 Å². The number of hydrogen-bond donors (Lipinski definition) is 0. The number of nitrogens with zero attached hydrogens (tertiary/aromatic N) is 2. The van der Waals surface area contributed by atoms with E-state index in [1.54, 1.807) is 0 Å². The Hall–Kier alpha value is -4.82. The molecule has 2 heteroatoms. The van der Waals surface area contributed by atoms with E-state index in [9.17, 15) is 0 Å². The van der Waals surface area contributed by atoms with Crippen molar-refractivity contribution in [3.63, 3.8) is 0 Å². The number of anilines is 4. The van der Waals surface area contributed by atoms with Crippen molar-refractivity contribution in [2.45, 2.75) is 79.7 Å². The molecule has 5 aromatic carbocycles. The molecule has 0 heterocycles. The predicted molar refractivity (Wildman–Crippen MR) is 218 cm³/mol. The highest BCUT2D eigenvalue weighted by atomic mass is 15.2. The number of aryl methyl sites for hydroxylation is 1. The van der Waals surface area contributed by atoms with Gasteiger partial charge in [-0.05, 0) is 91.6 Å². The molecule has 0 aliphatic heterocycles. The fraction of sp³-hybridized carbons (Fsp3) is 0.292. The second-order valence-electron chi connectivity index (χ2n) is 15.3. The Morgan fingerprint density at radius 1 is 0.660 bits per heavy atom. The van der Waals surface area contributed by atoms with Gasteiger partial charge in [-0.15, -0.1) is 0 Å². The van der Waals surface area contributed by atoms with E-state index in [1.807, 2.05) is 0 Å². The predicted octanol–water partition coefficient (Wildman–Crippen LogP) is 13.8. The van der Waals surface area contributed by atoms with Crippen LogP contribution in [-0.4, -0.2) is 6.04 Å². The first-order valence-electron chi connectivity index (χ1n) is 18.6. The molecule has 7 rings (SSSR count). The Bertz CT molecular complexity index is 2140. The topological polar surface area (TPSA) is 6.48 Å². The highest BCUT2D eigenvalue weighted by Crippen LogP contribution is 2.51. The summed E-state index contributed by atoms with van der Waals surface area (Å²) in [5.41, 5.74) is 11.6. The molecule has 0 bridgehead atoms. The minimum Gasteiger partial charge on any atom is -0.333 e. The first kappa shape index (κ1) is 33.7. The van der Waals surface area contributed by atoms with Crippen LogP contribution in [0.2, 0.25) is 0 Å². The summed E-state index contributed by atoms with van der Waals surface area (Å²) in [5, 5.41) is 5.15. The molecule has 3 atom stereocenters. The summed E-state index contributed by atoms with van der Waals surface area (Å²) >= 11 is 0. The third-order valence-electron chi connectivity index (χ3n) is 10.8. The van der Waals surface area contributed by atoms with E-state index in [0.717, 1.165) is 6.42 Å². The summed E-state index contributed by atoms with van der Waals surface area (Å²) in [6.07, 6.45) is 15.1. The van der Waals surface area contributed by atoms with Gasteiger partial charge in [-0.1, -0.05) is 138 Å². The molecule has 0 N–H and O–H groups in total. The van der Waals surface area contributed by atoms with Gasteiger partial charge in [-0.3, -0.25) is 0 Å². The lowest BCUT2D eigenvalue weighted by Crippen LogP contribution is -2.36. The van der Waals surface area contributed by atoms with Crippen molar-refractivity contribution in [2.24, 2.45) is 11.8 Å². The third-order valence-corrected chi connectivity index (χ3v) is 10.8. The second-order valence-corrected chi connectivity index (χ2v) is 15.3. The zero-order valence-electron chi connectivity index (χ0n) is 31.1. The Morgan fingerprint density at radius 2 is 1.28 bits per heavy atom. The molecule has 0 radical (unpaired) electrons. The third kappa shape index (κ3) is 6.22. The minimum absolute atomic E-state index is 0.158. The molecule has 0 saturated heterocycles. The van der Waals surface area contributed by atoms with Crippen LogP contribution in [0.25, 0.3) is 21.5 Å². The molecular weight excluding hydrogens is 605 g/mol. The Kier molecular flexibility index (Phi) is 9.31. The van der Waals surface area contributed by atoms with E-state index in [4.69, 9.17) is 0 Å². The van der Waals surface area contributed by atoms with Gasteiger partial charge in [0, 0.05) is 44.5 Å². The summed E-state index contributed by atoms with van der Waals surface area (Å²) in [5.74, 6) is 1.51. The molecular formula is C48H52N2. The van der Waals surface area contributed by atoms with Crippen molar-refractivity contribution in [2.75, 3.05) is 9.80 Å². The number of rotatable bonds is 8. The average Bonchev–Trinajstić information content (AvgIpc) is 3.11. The maximum Gasteiger partial charge on any atom is 0.0616 e. The highest BCUT2D eigenvalue weighted by molar-refractivity contribution is 6.22. The van der Waals surface area contributed by atoms with Crippen molar-refractivity contribution in [3.8, 4) is 0 Å². The van der Waals surface area contributed by atoms with Crippen molar-refractivity contribution >= 4 is 44.3 Å². The number of hydrogen-bond acceptors (Lipinski definition) is 2. The van der Waals surface area contributed by atoms with E-state index in [1.165, 1.54) is 72.3 Å². The normalized spacial score (nSPS) is 19.0. The number of fused-ring (bicyclic) bond motifs is 2. The number of allylic oxidation sites excluding steroid dienone is 6. The molecule has 2 aliphatic rings. The summed E-state index contributed by atoms with van der Waals surface area (Å²) in [7, 11) is 0. The maximum atomic E-state index is 2.64. The largest absolute Gasteiger partial charge is 0.333 e. The fourth-order valence-electron chi connectivity index (χ4n) is 7.92. The Labute approximate surface area is 300 Å². The van der Waals surface area contributed by atoms with Crippen LogP contribution in [0, 0.1) is 18.8 Å². The van der Waals surface area contributed by atoms with Gasteiger partial charge in [-0.25, -0.2) is 0 Å². The monoisotopic (exact) mass is 656 g/mol. The van der Waals surface area contributed by atoms with Gasteiger partial charge in [0.15, 0.2) is 0 Å². The van der Waals surface area contributed by atoms with E-state index in [-0.39, 0.29) is 6.04 Å². The molecule has 0 aromatic heterocycles. The van der Waals surface area contributed by atoms with E-state index < -0.39 is 0 Å². The van der Waals surface area contributed by atoms with Gasteiger partial charge in [0.05, 0.1) is 17.4 Å². The smallest absolute Gasteiger partial charge is 0.0616 e. The zero-order chi connectivity index (χ0) is 35.1. The van der Waals surface area contributed by atoms with Crippen LogP contribution >= 0.6 is 0 Å². The number of benzene rings is 5. The lowest BCUT2D eigenvalue weighted by molar-refractivity contribution is 0.607. The second kappa shape index (κ2) is 13.8. The summed E-state index contributed by atoms with van der Waals surface area (Å²) in [4.78, 5) is 5.22. The van der Waals surface area contributed by atoms with Crippen LogP contribution in [0.4, 0.5) is 22.7 Å². The van der Waals surface area contributed by atoms with Crippen LogP contribution in [0.3, 0.4) is 0 Å². The van der Waals surface area contributed by atoms with Crippen LogP contribution in [0.15, 0.2) is 139 Å². The van der Waals surface area contributed by atoms with Crippen LogP contribution in [0.5, 0.6) is 0 Å². The summed E-state index contributed by atoms with van der Waals surface area (Å²) < 4.78 is 0. The van der Waals surface area contributed by atoms with E-state index >= 15 is 0 Å². The summed E-state index contributed by atoms with van der Waals surface area (Å²) in [6.45, 7) is 18.4. The highest BCUT2D eigenvalue weighted by Gasteiger charge is 2.32. The Balaban J connectivity index is 1.67. The average molecular weight is 657 g/mol. The molecule has 3 unspecified atom stereocenters. The molecule has 2 nitrogen and oxygen atoms in total. The van der Waals surface area contributed by atoms with E-state index in [2.05, 4.69) is 193 Å². The van der Waals surface area contributed by atoms with E-state index in [0.29, 0.717) is 23.7 Å². The quantitative estimate of drug-likeness (QED) is 0.121. The van der Waals surface area contributed by atoms with Crippen molar-refractivity contribution < 1.29 is 0 Å². The molecule has 50 heavy (non-hydrogen) atoms.